The minimum atomic E-state index is -0.902. The Balaban J connectivity index is 0.000000251. The van der Waals surface area contributed by atoms with Gasteiger partial charge in [-0.2, -0.15) is 0 Å². The average molecular weight is 391 g/mol. The van der Waals surface area contributed by atoms with Crippen LogP contribution in [-0.2, 0) is 0 Å². The molecule has 25 heavy (non-hydrogen) atoms. The van der Waals surface area contributed by atoms with Gasteiger partial charge in [-0.05, 0) is 12.1 Å². The summed E-state index contributed by atoms with van der Waals surface area (Å²) in [5, 5.41) is 20.0. The molecule has 0 saturated carbocycles. The van der Waals surface area contributed by atoms with Gasteiger partial charge in [-0.3, -0.25) is 20.2 Å². The van der Waals surface area contributed by atoms with Crippen LogP contribution in [0.2, 0.25) is 10.0 Å². The van der Waals surface area contributed by atoms with Gasteiger partial charge in [0.2, 0.25) is 0 Å². The highest BCUT2D eigenvalue weighted by Gasteiger charge is 2.17. The molecule has 0 atom stereocenters. The van der Waals surface area contributed by atoms with Crippen LogP contribution in [0.25, 0.3) is 4.85 Å². The van der Waals surface area contributed by atoms with Crippen molar-refractivity contribution in [1.82, 2.24) is 0 Å². The zero-order chi connectivity index (χ0) is 19.3. The lowest BCUT2D eigenvalue weighted by molar-refractivity contribution is -0.384. The first-order chi connectivity index (χ1) is 11.6. The van der Waals surface area contributed by atoms with E-state index in [2.05, 4.69) is 4.85 Å². The zero-order valence-electron chi connectivity index (χ0n) is 11.9. The molecule has 0 aromatic heterocycles. The fraction of sp³-hybridized carbons (Fsp3) is 0. The summed E-state index contributed by atoms with van der Waals surface area (Å²) >= 11 is 10.6. The Kier molecular flexibility index (Phi) is 6.55. The molecule has 0 unspecified atom stereocenters. The van der Waals surface area contributed by atoms with Crippen molar-refractivity contribution >= 4 is 46.0 Å². The molecule has 2 rings (SSSR count). The van der Waals surface area contributed by atoms with Crippen molar-refractivity contribution in [2.45, 2.75) is 0 Å². The highest BCUT2D eigenvalue weighted by molar-refractivity contribution is 6.31. The van der Waals surface area contributed by atoms with E-state index < -0.39 is 32.9 Å². The predicted octanol–water partition coefficient (Wildman–Crippen LogP) is 4.91. The third kappa shape index (κ3) is 4.97. The smallest absolute Gasteiger partial charge is 0.295 e. The molecule has 0 radical (unpaired) electrons. The van der Waals surface area contributed by atoms with Gasteiger partial charge in [-0.1, -0.05) is 23.2 Å². The summed E-state index contributed by atoms with van der Waals surface area (Å²) in [6.45, 7) is 6.58. The van der Waals surface area contributed by atoms with Crippen molar-refractivity contribution in [3.8, 4) is 0 Å². The van der Waals surface area contributed by atoms with Crippen molar-refractivity contribution in [1.29, 1.82) is 0 Å². The van der Waals surface area contributed by atoms with E-state index in [0.717, 1.165) is 12.1 Å². The summed E-state index contributed by atoms with van der Waals surface area (Å²) in [6.07, 6.45) is 0. The molecule has 130 valence electrons. The van der Waals surface area contributed by atoms with Crippen molar-refractivity contribution in [2.75, 3.05) is 5.73 Å². The van der Waals surface area contributed by atoms with Gasteiger partial charge in [0.1, 0.15) is 17.3 Å². The molecule has 8 nitrogen and oxygen atoms in total. The molecule has 0 aliphatic carbocycles. The van der Waals surface area contributed by atoms with Crippen LogP contribution >= 0.6 is 23.2 Å². The summed E-state index contributed by atoms with van der Waals surface area (Å²) in [4.78, 5) is 21.8. The van der Waals surface area contributed by atoms with Gasteiger partial charge < -0.3 is 5.73 Å². The summed E-state index contributed by atoms with van der Waals surface area (Å²) in [5.41, 5.74) is 3.74. The number of nitro benzene ring substituents is 2. The van der Waals surface area contributed by atoms with Crippen LogP contribution in [-0.4, -0.2) is 9.85 Å². The third-order valence-corrected chi connectivity index (χ3v) is 3.18. The Morgan fingerprint density at radius 1 is 0.960 bits per heavy atom. The lowest BCUT2D eigenvalue weighted by Gasteiger charge is -1.97. The number of nitro groups is 2. The molecule has 0 aliphatic rings. The quantitative estimate of drug-likeness (QED) is 0.338. The third-order valence-electron chi connectivity index (χ3n) is 2.60. The first-order valence-electron chi connectivity index (χ1n) is 5.98. The van der Waals surface area contributed by atoms with Crippen molar-refractivity contribution in [2.24, 2.45) is 0 Å². The van der Waals surface area contributed by atoms with E-state index in [-0.39, 0.29) is 21.4 Å². The van der Waals surface area contributed by atoms with Crippen LogP contribution in [0.1, 0.15) is 0 Å². The molecule has 2 N–H and O–H groups in total. The number of halogens is 4. The second kappa shape index (κ2) is 8.18. The van der Waals surface area contributed by atoms with Crippen LogP contribution in [0.3, 0.4) is 0 Å². The standard InChI is InChI=1S/C7H2ClFN2O2.C6H4ClFN2O2/c1-10-6-2-4(8)5(9)3-7(6)11(12)13;7-3-1-5(9)6(10(11)12)2-4(3)8/h2-3H;1-2H,9H2. The largest absolute Gasteiger partial charge is 0.393 e. The van der Waals surface area contributed by atoms with Gasteiger partial charge in [0.25, 0.3) is 17.1 Å². The molecule has 0 bridgehead atoms. The fourth-order valence-electron chi connectivity index (χ4n) is 1.47. The van der Waals surface area contributed by atoms with Crippen LogP contribution in [0.15, 0.2) is 24.3 Å². The number of benzene rings is 2. The van der Waals surface area contributed by atoms with Crippen LogP contribution in [0.5, 0.6) is 0 Å². The number of nitrogen functional groups attached to an aromatic ring is 1. The van der Waals surface area contributed by atoms with Gasteiger partial charge in [-0.15, -0.1) is 0 Å². The van der Waals surface area contributed by atoms with Crippen molar-refractivity contribution in [3.63, 3.8) is 0 Å². The number of hydrogen-bond acceptors (Lipinski definition) is 5. The fourth-order valence-corrected chi connectivity index (χ4v) is 1.80. The Hall–Kier alpha value is -3.03. The molecule has 0 fully saturated rings. The summed E-state index contributed by atoms with van der Waals surface area (Å²) in [6, 6.07) is 3.27. The lowest BCUT2D eigenvalue weighted by Crippen LogP contribution is -1.96. The van der Waals surface area contributed by atoms with E-state index in [4.69, 9.17) is 35.5 Å². The molecule has 0 amide bonds. The summed E-state index contributed by atoms with van der Waals surface area (Å²) in [7, 11) is 0. The highest BCUT2D eigenvalue weighted by Crippen LogP contribution is 2.32. The van der Waals surface area contributed by atoms with Gasteiger partial charge in [0.15, 0.2) is 0 Å². The Labute approximate surface area is 148 Å². The van der Waals surface area contributed by atoms with Gasteiger partial charge in [-0.25, -0.2) is 13.6 Å². The lowest BCUT2D eigenvalue weighted by atomic mass is 10.2. The second-order valence-corrected chi connectivity index (χ2v) is 5.02. The summed E-state index contributed by atoms with van der Waals surface area (Å²) in [5.74, 6) is -1.75. The molecular weight excluding hydrogens is 385 g/mol. The zero-order valence-corrected chi connectivity index (χ0v) is 13.4. The van der Waals surface area contributed by atoms with E-state index in [1.807, 2.05) is 0 Å². The first-order valence-corrected chi connectivity index (χ1v) is 6.73. The SMILES string of the molecule is Nc1cc(Cl)c(F)cc1[N+](=O)[O-].[C-]#[N+]c1cc(Cl)c(F)cc1[N+](=O)[O-]. The van der Waals surface area contributed by atoms with E-state index in [9.17, 15) is 29.0 Å². The van der Waals surface area contributed by atoms with E-state index in [1.165, 1.54) is 0 Å². The number of nitrogens with two attached hydrogens (primary N) is 1. The first kappa shape index (κ1) is 20.0. The average Bonchev–Trinajstić information content (AvgIpc) is 2.53. The minimum Gasteiger partial charge on any atom is -0.393 e. The molecule has 0 aliphatic heterocycles. The number of rotatable bonds is 2. The van der Waals surface area contributed by atoms with E-state index >= 15 is 0 Å². The maximum atomic E-state index is 12.7. The molecule has 12 heteroatoms. The summed E-state index contributed by atoms with van der Waals surface area (Å²) < 4.78 is 25.3. The van der Waals surface area contributed by atoms with E-state index in [0.29, 0.717) is 12.1 Å². The van der Waals surface area contributed by atoms with Gasteiger partial charge in [0, 0.05) is 6.07 Å². The van der Waals surface area contributed by atoms with Crippen LogP contribution in [0.4, 0.5) is 31.5 Å². The maximum Gasteiger partial charge on any atom is 0.295 e. The van der Waals surface area contributed by atoms with Gasteiger partial charge >= 0.3 is 0 Å². The van der Waals surface area contributed by atoms with Crippen molar-refractivity contribution < 1.29 is 18.6 Å². The molecule has 2 aromatic carbocycles. The molecule has 0 spiro atoms. The van der Waals surface area contributed by atoms with Gasteiger partial charge in [0.05, 0.1) is 32.5 Å². The topological polar surface area (TPSA) is 117 Å². The number of hydrogen-bond donors (Lipinski definition) is 1. The molecule has 2 aromatic rings. The van der Waals surface area contributed by atoms with Crippen molar-refractivity contribution in [3.05, 3.63) is 77.6 Å². The van der Waals surface area contributed by atoms with Crippen LogP contribution < -0.4 is 5.73 Å². The molecule has 0 saturated heterocycles. The van der Waals surface area contributed by atoms with Crippen LogP contribution in [0, 0.1) is 38.4 Å². The molecule has 0 heterocycles. The minimum absolute atomic E-state index is 0.147. The second-order valence-electron chi connectivity index (χ2n) is 4.21. The number of anilines is 1. The molecular formula is C13H6Cl2F2N4O4. The van der Waals surface area contributed by atoms with E-state index in [1.54, 1.807) is 0 Å². The Bertz CT molecular complexity index is 903. The number of nitrogens with zero attached hydrogens (tertiary/aromatic N) is 3. The normalized spacial score (nSPS) is 9.56. The maximum absolute atomic E-state index is 12.7. The Morgan fingerprint density at radius 3 is 1.84 bits per heavy atom. The predicted molar refractivity (Wildman–Crippen MR) is 86.8 cm³/mol. The monoisotopic (exact) mass is 390 g/mol. The highest BCUT2D eigenvalue weighted by atomic mass is 35.5. The Morgan fingerprint density at radius 2 is 1.40 bits per heavy atom.